The molecule has 3 N–H and O–H groups in total. The van der Waals surface area contributed by atoms with Gasteiger partial charge in [0, 0.05) is 6.54 Å². The van der Waals surface area contributed by atoms with Gasteiger partial charge in [0.25, 0.3) is 0 Å². The van der Waals surface area contributed by atoms with E-state index in [-0.39, 0.29) is 31.8 Å². The van der Waals surface area contributed by atoms with Crippen LogP contribution in [-0.4, -0.2) is 42.7 Å². The summed E-state index contributed by atoms with van der Waals surface area (Å²) in [5.41, 5.74) is -2.05. The quantitative estimate of drug-likeness (QED) is 0.607. The number of piperazine rings is 1. The number of carbonyl (C=O) groups excluding carboxylic acids is 2. The highest BCUT2D eigenvalue weighted by Gasteiger charge is 2.64. The summed E-state index contributed by atoms with van der Waals surface area (Å²) in [6, 6.07) is -0.799. The summed E-state index contributed by atoms with van der Waals surface area (Å²) < 4.78 is 37.7. The Balaban J connectivity index is 1.92. The molecule has 1 aliphatic heterocycles. The average molecular weight is 251 g/mol. The standard InChI is InChI=1S/C9H12F3N3O2/c10-9(11,12)8(1-2-8)15-7(17)5-3-14-6(16)4-13-5/h5,13H,1-4H2,(H,14,16)(H,15,17). The van der Waals surface area contributed by atoms with Gasteiger partial charge in [-0.05, 0) is 12.8 Å². The summed E-state index contributed by atoms with van der Waals surface area (Å²) in [6.07, 6.45) is -4.58. The average Bonchev–Trinajstić information content (AvgIpc) is 2.98. The van der Waals surface area contributed by atoms with Gasteiger partial charge >= 0.3 is 6.18 Å². The molecule has 2 rings (SSSR count). The van der Waals surface area contributed by atoms with Crippen molar-refractivity contribution in [3.63, 3.8) is 0 Å². The molecule has 0 aromatic heterocycles. The predicted octanol–water partition coefficient (Wildman–Crippen LogP) is -0.714. The largest absolute Gasteiger partial charge is 0.411 e. The normalized spacial score (nSPS) is 27.2. The maximum absolute atomic E-state index is 12.6. The Morgan fingerprint density at radius 2 is 2.06 bits per heavy atom. The first-order valence-corrected chi connectivity index (χ1v) is 5.23. The summed E-state index contributed by atoms with van der Waals surface area (Å²) in [5, 5.41) is 7.01. The van der Waals surface area contributed by atoms with Gasteiger partial charge in [0.15, 0.2) is 0 Å². The minimum atomic E-state index is -4.42. The topological polar surface area (TPSA) is 70.2 Å². The Hall–Kier alpha value is -1.31. The van der Waals surface area contributed by atoms with Crippen LogP contribution in [0.1, 0.15) is 12.8 Å². The van der Waals surface area contributed by atoms with Crippen LogP contribution in [0.5, 0.6) is 0 Å². The van der Waals surface area contributed by atoms with Crippen LogP contribution in [0.2, 0.25) is 0 Å². The van der Waals surface area contributed by atoms with Crippen molar-refractivity contribution in [2.75, 3.05) is 13.1 Å². The van der Waals surface area contributed by atoms with Crippen LogP contribution in [0, 0.1) is 0 Å². The molecule has 1 saturated heterocycles. The summed E-state index contributed by atoms with van der Waals surface area (Å²) in [6.45, 7) is -0.0459. The van der Waals surface area contributed by atoms with Crippen LogP contribution in [0.25, 0.3) is 0 Å². The first-order valence-electron chi connectivity index (χ1n) is 5.23. The highest BCUT2D eigenvalue weighted by Crippen LogP contribution is 2.48. The SMILES string of the molecule is O=C1CNC(C(=O)NC2(C(F)(F)F)CC2)CN1. The maximum Gasteiger partial charge on any atom is 0.411 e. The van der Waals surface area contributed by atoms with E-state index in [0.717, 1.165) is 0 Å². The Kier molecular flexibility index (Phi) is 2.76. The Morgan fingerprint density at radius 3 is 2.47 bits per heavy atom. The molecule has 96 valence electrons. The van der Waals surface area contributed by atoms with Crippen LogP contribution in [0.15, 0.2) is 0 Å². The van der Waals surface area contributed by atoms with Crippen molar-refractivity contribution in [2.24, 2.45) is 0 Å². The third-order valence-electron chi connectivity index (χ3n) is 2.98. The molecule has 2 amide bonds. The molecule has 1 unspecified atom stereocenters. The molecular formula is C9H12F3N3O2. The van der Waals surface area contributed by atoms with Gasteiger partial charge in [-0.25, -0.2) is 0 Å². The lowest BCUT2D eigenvalue weighted by molar-refractivity contribution is -0.171. The van der Waals surface area contributed by atoms with Crippen LogP contribution in [0.3, 0.4) is 0 Å². The highest BCUT2D eigenvalue weighted by atomic mass is 19.4. The molecule has 2 aliphatic rings. The second kappa shape index (κ2) is 3.86. The Morgan fingerprint density at radius 1 is 1.41 bits per heavy atom. The lowest BCUT2D eigenvalue weighted by Gasteiger charge is -2.27. The van der Waals surface area contributed by atoms with E-state index in [2.05, 4.69) is 10.6 Å². The van der Waals surface area contributed by atoms with E-state index in [1.54, 1.807) is 0 Å². The molecule has 0 bridgehead atoms. The summed E-state index contributed by atoms with van der Waals surface area (Å²) in [4.78, 5) is 22.4. The molecular weight excluding hydrogens is 239 g/mol. The second-order valence-electron chi connectivity index (χ2n) is 4.31. The van der Waals surface area contributed by atoms with E-state index in [0.29, 0.717) is 0 Å². The highest BCUT2D eigenvalue weighted by molar-refractivity contribution is 5.87. The first-order chi connectivity index (χ1) is 7.84. The van der Waals surface area contributed by atoms with Gasteiger partial charge in [0.05, 0.1) is 6.54 Å². The molecule has 5 nitrogen and oxygen atoms in total. The van der Waals surface area contributed by atoms with Gasteiger partial charge in [0.2, 0.25) is 11.8 Å². The minimum absolute atomic E-state index is 0.0125. The van der Waals surface area contributed by atoms with Crippen molar-refractivity contribution < 1.29 is 22.8 Å². The van der Waals surface area contributed by atoms with Crippen LogP contribution in [-0.2, 0) is 9.59 Å². The van der Waals surface area contributed by atoms with Gasteiger partial charge in [-0.3, -0.25) is 14.9 Å². The summed E-state index contributed by atoms with van der Waals surface area (Å²) in [5.74, 6) is -0.995. The minimum Gasteiger partial charge on any atom is -0.353 e. The van der Waals surface area contributed by atoms with Crippen molar-refractivity contribution in [2.45, 2.75) is 30.6 Å². The fourth-order valence-corrected chi connectivity index (χ4v) is 1.68. The monoisotopic (exact) mass is 251 g/mol. The van der Waals surface area contributed by atoms with Crippen molar-refractivity contribution in [1.29, 1.82) is 0 Å². The van der Waals surface area contributed by atoms with E-state index in [1.165, 1.54) is 0 Å². The van der Waals surface area contributed by atoms with Gasteiger partial charge in [-0.1, -0.05) is 0 Å². The molecule has 1 aliphatic carbocycles. The van der Waals surface area contributed by atoms with Crippen molar-refractivity contribution >= 4 is 11.8 Å². The number of rotatable bonds is 2. The van der Waals surface area contributed by atoms with E-state index < -0.39 is 23.7 Å². The number of hydrogen-bond acceptors (Lipinski definition) is 3. The maximum atomic E-state index is 12.6. The van der Waals surface area contributed by atoms with Crippen molar-refractivity contribution in [3.05, 3.63) is 0 Å². The predicted molar refractivity (Wildman–Crippen MR) is 51.0 cm³/mol. The van der Waals surface area contributed by atoms with Crippen LogP contribution < -0.4 is 16.0 Å². The lowest BCUT2D eigenvalue weighted by atomic mass is 10.2. The fraction of sp³-hybridized carbons (Fsp3) is 0.778. The number of carbonyl (C=O) groups is 2. The second-order valence-corrected chi connectivity index (χ2v) is 4.31. The number of halogens is 3. The smallest absolute Gasteiger partial charge is 0.353 e. The van der Waals surface area contributed by atoms with Gasteiger partial charge in [-0.2, -0.15) is 13.2 Å². The van der Waals surface area contributed by atoms with E-state index >= 15 is 0 Å². The van der Waals surface area contributed by atoms with E-state index in [9.17, 15) is 22.8 Å². The molecule has 1 saturated carbocycles. The van der Waals surface area contributed by atoms with Crippen molar-refractivity contribution in [1.82, 2.24) is 16.0 Å². The number of alkyl halides is 3. The zero-order chi connectivity index (χ0) is 12.7. The van der Waals surface area contributed by atoms with Gasteiger partial charge in [-0.15, -0.1) is 0 Å². The number of amides is 2. The molecule has 1 atom stereocenters. The van der Waals surface area contributed by atoms with Gasteiger partial charge < -0.3 is 10.6 Å². The summed E-state index contributed by atoms with van der Waals surface area (Å²) in [7, 11) is 0. The zero-order valence-electron chi connectivity index (χ0n) is 8.86. The molecule has 8 heteroatoms. The van der Waals surface area contributed by atoms with Crippen molar-refractivity contribution in [3.8, 4) is 0 Å². The van der Waals surface area contributed by atoms with Crippen LogP contribution in [0.4, 0.5) is 13.2 Å². The summed E-state index contributed by atoms with van der Waals surface area (Å²) >= 11 is 0. The van der Waals surface area contributed by atoms with E-state index in [1.807, 2.05) is 5.32 Å². The molecule has 0 spiro atoms. The Bertz CT molecular complexity index is 342. The molecule has 1 heterocycles. The van der Waals surface area contributed by atoms with Gasteiger partial charge in [0.1, 0.15) is 11.6 Å². The lowest BCUT2D eigenvalue weighted by Crippen LogP contribution is -2.61. The first kappa shape index (κ1) is 12.2. The number of hydrogen-bond donors (Lipinski definition) is 3. The molecule has 0 aromatic carbocycles. The van der Waals surface area contributed by atoms with Crippen LogP contribution >= 0.6 is 0 Å². The zero-order valence-corrected chi connectivity index (χ0v) is 8.86. The molecule has 17 heavy (non-hydrogen) atoms. The fourth-order valence-electron chi connectivity index (χ4n) is 1.68. The Labute approximate surface area is 95.1 Å². The number of nitrogens with one attached hydrogen (secondary N) is 3. The molecule has 2 fully saturated rings. The third kappa shape index (κ3) is 2.36. The molecule has 0 radical (unpaired) electrons. The van der Waals surface area contributed by atoms with E-state index in [4.69, 9.17) is 0 Å². The third-order valence-corrected chi connectivity index (χ3v) is 2.98. The molecule has 0 aromatic rings.